The highest BCUT2D eigenvalue weighted by Crippen LogP contribution is 2.26. The molecule has 0 aromatic carbocycles. The number of aryl methyl sites for hydroxylation is 2. The van der Waals surface area contributed by atoms with E-state index in [1.807, 2.05) is 6.92 Å². The Morgan fingerprint density at radius 2 is 2.00 bits per heavy atom. The van der Waals surface area contributed by atoms with Gasteiger partial charge in [0.25, 0.3) is 0 Å². The first-order valence-electron chi connectivity index (χ1n) is 6.69. The van der Waals surface area contributed by atoms with Crippen molar-refractivity contribution in [3.8, 4) is 0 Å². The second kappa shape index (κ2) is 4.45. The molecule has 0 amide bonds. The van der Waals surface area contributed by atoms with Gasteiger partial charge in [-0.2, -0.15) is 0 Å². The second-order valence-corrected chi connectivity index (χ2v) is 5.86. The van der Waals surface area contributed by atoms with Gasteiger partial charge in [0.2, 0.25) is 0 Å². The fourth-order valence-corrected chi connectivity index (χ4v) is 2.45. The highest BCUT2D eigenvalue weighted by molar-refractivity contribution is 5.20. The molecule has 2 rings (SSSR count). The molecule has 3 heteroatoms. The van der Waals surface area contributed by atoms with Crippen LogP contribution in [0.25, 0.3) is 0 Å². The summed E-state index contributed by atoms with van der Waals surface area (Å²) >= 11 is 0. The van der Waals surface area contributed by atoms with Gasteiger partial charge in [-0.3, -0.25) is 0 Å². The van der Waals surface area contributed by atoms with Gasteiger partial charge in [-0.25, -0.2) is 4.98 Å². The van der Waals surface area contributed by atoms with Crippen LogP contribution in [0.4, 0.5) is 0 Å². The molecule has 1 heterocycles. The summed E-state index contributed by atoms with van der Waals surface area (Å²) < 4.78 is 2.23. The monoisotopic (exact) mass is 236 g/mol. The number of hydrogen-bond donors (Lipinski definition) is 1. The van der Waals surface area contributed by atoms with Crippen LogP contribution in [0.3, 0.4) is 0 Å². The van der Waals surface area contributed by atoms with Gasteiger partial charge in [0.1, 0.15) is 5.82 Å². The van der Waals surface area contributed by atoms with Gasteiger partial charge in [0, 0.05) is 5.69 Å². The van der Waals surface area contributed by atoms with Crippen molar-refractivity contribution in [2.45, 2.75) is 65.5 Å². The molecule has 96 valence electrons. The fraction of sp³-hybridized carbons (Fsp3) is 0.786. The molecule has 3 nitrogen and oxygen atoms in total. The third-order valence-electron chi connectivity index (χ3n) is 4.15. The zero-order chi connectivity index (χ0) is 12.6. The maximum absolute atomic E-state index is 10.4. The van der Waals surface area contributed by atoms with Gasteiger partial charge in [0.15, 0.2) is 0 Å². The molecule has 1 aliphatic carbocycles. The Kier molecular flexibility index (Phi) is 3.30. The molecule has 1 N–H and O–H groups in total. The first-order valence-corrected chi connectivity index (χ1v) is 6.69. The van der Waals surface area contributed by atoms with Gasteiger partial charge in [-0.05, 0) is 45.4 Å². The molecule has 0 fully saturated rings. The highest BCUT2D eigenvalue weighted by Gasteiger charge is 2.28. The summed E-state index contributed by atoms with van der Waals surface area (Å²) in [5.41, 5.74) is 1.96. The summed E-state index contributed by atoms with van der Waals surface area (Å²) in [7, 11) is 0. The lowest BCUT2D eigenvalue weighted by molar-refractivity contribution is -0.00389. The third-order valence-corrected chi connectivity index (χ3v) is 4.15. The van der Waals surface area contributed by atoms with E-state index < -0.39 is 5.60 Å². The lowest BCUT2D eigenvalue weighted by atomic mass is 9.92. The van der Waals surface area contributed by atoms with Crippen molar-refractivity contribution < 1.29 is 5.11 Å². The molecular weight excluding hydrogens is 212 g/mol. The SMILES string of the molecule is Cc1nc2c(n1CC(C)(O)C(C)C)CCCC2. The molecule has 0 aliphatic heterocycles. The molecule has 0 radical (unpaired) electrons. The van der Waals surface area contributed by atoms with E-state index in [-0.39, 0.29) is 5.92 Å². The molecule has 1 aromatic heterocycles. The third kappa shape index (κ3) is 2.39. The number of aliphatic hydroxyl groups is 1. The van der Waals surface area contributed by atoms with E-state index >= 15 is 0 Å². The van der Waals surface area contributed by atoms with Crippen LogP contribution in [0, 0.1) is 12.8 Å². The molecule has 1 aliphatic rings. The molecule has 0 saturated heterocycles. The summed E-state index contributed by atoms with van der Waals surface area (Å²) in [5, 5.41) is 10.4. The number of rotatable bonds is 3. The van der Waals surface area contributed by atoms with E-state index in [4.69, 9.17) is 0 Å². The van der Waals surface area contributed by atoms with Crippen LogP contribution in [0.2, 0.25) is 0 Å². The standard InChI is InChI=1S/C14H24N2O/c1-10(2)14(4,17)9-16-11(3)15-12-7-5-6-8-13(12)16/h10,17H,5-9H2,1-4H3. The Hall–Kier alpha value is -0.830. The summed E-state index contributed by atoms with van der Waals surface area (Å²) in [6.07, 6.45) is 4.73. The first kappa shape index (κ1) is 12.6. The van der Waals surface area contributed by atoms with Crippen LogP contribution in [0.1, 0.15) is 50.8 Å². The van der Waals surface area contributed by atoms with Crippen LogP contribution in [0.15, 0.2) is 0 Å². The maximum Gasteiger partial charge on any atom is 0.106 e. The summed E-state index contributed by atoms with van der Waals surface area (Å²) in [4.78, 5) is 4.65. The molecule has 1 aromatic rings. The van der Waals surface area contributed by atoms with E-state index in [1.54, 1.807) is 0 Å². The minimum atomic E-state index is -0.656. The predicted molar refractivity (Wildman–Crippen MR) is 69.1 cm³/mol. The summed E-state index contributed by atoms with van der Waals surface area (Å²) in [6, 6.07) is 0. The lowest BCUT2D eigenvalue weighted by Crippen LogP contribution is -2.37. The van der Waals surface area contributed by atoms with Crippen LogP contribution < -0.4 is 0 Å². The van der Waals surface area contributed by atoms with Gasteiger partial charge in [-0.1, -0.05) is 13.8 Å². The van der Waals surface area contributed by atoms with E-state index in [9.17, 15) is 5.11 Å². The number of nitrogens with zero attached hydrogens (tertiary/aromatic N) is 2. The average Bonchev–Trinajstić information content (AvgIpc) is 2.55. The minimum Gasteiger partial charge on any atom is -0.388 e. The number of hydrogen-bond acceptors (Lipinski definition) is 2. The second-order valence-electron chi connectivity index (χ2n) is 5.86. The zero-order valence-electron chi connectivity index (χ0n) is 11.5. The Morgan fingerprint density at radius 3 is 2.65 bits per heavy atom. The highest BCUT2D eigenvalue weighted by atomic mass is 16.3. The van der Waals surface area contributed by atoms with E-state index in [0.717, 1.165) is 18.7 Å². The Balaban J connectivity index is 2.30. The molecule has 17 heavy (non-hydrogen) atoms. The zero-order valence-corrected chi connectivity index (χ0v) is 11.5. The van der Waals surface area contributed by atoms with Crippen LogP contribution >= 0.6 is 0 Å². The number of imidazole rings is 1. The summed E-state index contributed by atoms with van der Waals surface area (Å²) in [5.74, 6) is 1.31. The average molecular weight is 236 g/mol. The lowest BCUT2D eigenvalue weighted by Gasteiger charge is -2.30. The van der Waals surface area contributed by atoms with Crippen molar-refractivity contribution in [2.24, 2.45) is 5.92 Å². The van der Waals surface area contributed by atoms with E-state index in [1.165, 1.54) is 24.2 Å². The van der Waals surface area contributed by atoms with Crippen LogP contribution in [0.5, 0.6) is 0 Å². The normalized spacial score (nSPS) is 19.2. The van der Waals surface area contributed by atoms with Crippen molar-refractivity contribution in [1.82, 2.24) is 9.55 Å². The molecule has 1 unspecified atom stereocenters. The molecule has 0 bridgehead atoms. The quantitative estimate of drug-likeness (QED) is 0.875. The fourth-order valence-electron chi connectivity index (χ4n) is 2.45. The smallest absolute Gasteiger partial charge is 0.106 e. The van der Waals surface area contributed by atoms with Crippen molar-refractivity contribution in [2.75, 3.05) is 0 Å². The largest absolute Gasteiger partial charge is 0.388 e. The first-order chi connectivity index (χ1) is 7.92. The van der Waals surface area contributed by atoms with Crippen LogP contribution in [-0.2, 0) is 19.4 Å². The molecule has 0 spiro atoms. The Bertz CT molecular complexity index is 405. The molecule has 0 saturated carbocycles. The number of fused-ring (bicyclic) bond motifs is 1. The van der Waals surface area contributed by atoms with E-state index in [2.05, 4.69) is 30.3 Å². The molecular formula is C14H24N2O. The van der Waals surface area contributed by atoms with Crippen molar-refractivity contribution in [1.29, 1.82) is 0 Å². The van der Waals surface area contributed by atoms with Crippen molar-refractivity contribution in [3.63, 3.8) is 0 Å². The minimum absolute atomic E-state index is 0.253. The van der Waals surface area contributed by atoms with Gasteiger partial charge in [0.05, 0.1) is 17.8 Å². The predicted octanol–water partition coefficient (Wildman–Crippen LogP) is 2.48. The number of aromatic nitrogens is 2. The van der Waals surface area contributed by atoms with Gasteiger partial charge in [-0.15, -0.1) is 0 Å². The van der Waals surface area contributed by atoms with E-state index in [0.29, 0.717) is 6.54 Å². The van der Waals surface area contributed by atoms with Crippen molar-refractivity contribution >= 4 is 0 Å². The van der Waals surface area contributed by atoms with Crippen molar-refractivity contribution in [3.05, 3.63) is 17.2 Å². The topological polar surface area (TPSA) is 38.0 Å². The maximum atomic E-state index is 10.4. The van der Waals surface area contributed by atoms with Crippen LogP contribution in [-0.4, -0.2) is 20.3 Å². The Labute approximate surface area is 104 Å². The van der Waals surface area contributed by atoms with Gasteiger partial charge >= 0.3 is 0 Å². The molecule has 1 atom stereocenters. The van der Waals surface area contributed by atoms with Gasteiger partial charge < -0.3 is 9.67 Å². The Morgan fingerprint density at radius 1 is 1.35 bits per heavy atom. The summed E-state index contributed by atoms with van der Waals surface area (Å²) in [6.45, 7) is 8.78.